The quantitative estimate of drug-likeness (QED) is 0.196. The molecule has 5 N–H and O–H groups in total. The van der Waals surface area contributed by atoms with E-state index in [1.165, 1.54) is 23.4 Å². The highest BCUT2D eigenvalue weighted by Gasteiger charge is 2.32. The van der Waals surface area contributed by atoms with E-state index in [1.807, 2.05) is 45.0 Å². The van der Waals surface area contributed by atoms with Crippen LogP contribution in [-0.4, -0.2) is 57.6 Å². The van der Waals surface area contributed by atoms with Crippen LogP contribution in [0.25, 0.3) is 0 Å². The van der Waals surface area contributed by atoms with E-state index in [2.05, 4.69) is 50.7 Å². The van der Waals surface area contributed by atoms with Gasteiger partial charge in [0.25, 0.3) is 5.91 Å². The summed E-state index contributed by atoms with van der Waals surface area (Å²) in [6.07, 6.45) is 3.47. The van der Waals surface area contributed by atoms with E-state index in [0.717, 1.165) is 24.0 Å². The minimum absolute atomic E-state index is 0.197. The number of pyridine rings is 1. The molecule has 10 nitrogen and oxygen atoms in total. The Labute approximate surface area is 257 Å². The number of fused-ring (bicyclic) bond motifs is 2. The molecule has 2 aromatic carbocycles. The topological polar surface area (TPSA) is 128 Å². The van der Waals surface area contributed by atoms with E-state index >= 15 is 0 Å². The number of carbonyl (C=O) groups is 2. The van der Waals surface area contributed by atoms with E-state index < -0.39 is 17.5 Å². The Morgan fingerprint density at radius 2 is 1.65 bits per heavy atom. The van der Waals surface area contributed by atoms with Crippen LogP contribution in [0.1, 0.15) is 72.8 Å². The summed E-state index contributed by atoms with van der Waals surface area (Å²) >= 11 is 6.48. The predicted molar refractivity (Wildman–Crippen MR) is 166 cm³/mol. The number of hydrogen-bond donors (Lipinski definition) is 5. The average Bonchev–Trinajstić information content (AvgIpc) is 3.36. The molecule has 1 aliphatic carbocycles. The van der Waals surface area contributed by atoms with Crippen molar-refractivity contribution in [3.05, 3.63) is 93.6 Å². The summed E-state index contributed by atoms with van der Waals surface area (Å²) in [6.45, 7) is 7.92. The zero-order valence-electron chi connectivity index (χ0n) is 24.9. The number of nitrogens with zero attached hydrogens (tertiary/aromatic N) is 2. The lowest BCUT2D eigenvalue weighted by Gasteiger charge is -2.33. The van der Waals surface area contributed by atoms with Crippen LogP contribution < -0.4 is 21.5 Å². The fraction of sp³-hybridized carbons (Fsp3) is 0.406. The van der Waals surface area contributed by atoms with Gasteiger partial charge in [-0.3, -0.25) is 10.1 Å². The van der Waals surface area contributed by atoms with Crippen LogP contribution in [0.4, 0.5) is 10.6 Å². The van der Waals surface area contributed by atoms with Crippen molar-refractivity contribution in [3.63, 3.8) is 0 Å². The molecule has 5 rings (SSSR count). The Bertz CT molecular complexity index is 1440. The summed E-state index contributed by atoms with van der Waals surface area (Å²) < 4.78 is 5.43. The number of likely N-dealkylation sites (tertiary alicyclic amines) is 1. The number of hydrogen-bond acceptors (Lipinski definition) is 8. The highest BCUT2D eigenvalue weighted by Crippen LogP contribution is 2.33. The van der Waals surface area contributed by atoms with E-state index in [9.17, 15) is 14.7 Å². The number of amides is 2. The van der Waals surface area contributed by atoms with Crippen molar-refractivity contribution < 1.29 is 19.4 Å². The highest BCUT2D eigenvalue weighted by atomic mass is 35.5. The van der Waals surface area contributed by atoms with Crippen molar-refractivity contribution >= 4 is 29.4 Å². The van der Waals surface area contributed by atoms with Crippen molar-refractivity contribution in [2.75, 3.05) is 18.5 Å². The van der Waals surface area contributed by atoms with Gasteiger partial charge < -0.3 is 25.5 Å². The van der Waals surface area contributed by atoms with Crippen LogP contribution in [0, 0.1) is 0 Å². The van der Waals surface area contributed by atoms with E-state index in [0.29, 0.717) is 19.5 Å². The van der Waals surface area contributed by atoms with Gasteiger partial charge in [0.15, 0.2) is 11.7 Å². The summed E-state index contributed by atoms with van der Waals surface area (Å²) in [5.74, 6) is -1.66. The van der Waals surface area contributed by atoms with Gasteiger partial charge in [-0.15, -0.1) is 0 Å². The van der Waals surface area contributed by atoms with Gasteiger partial charge in [-0.05, 0) is 75.3 Å². The first kappa shape index (κ1) is 30.7. The molecule has 0 bridgehead atoms. The average molecular weight is 607 g/mol. The Morgan fingerprint density at radius 1 is 1.02 bits per heavy atom. The van der Waals surface area contributed by atoms with Crippen LogP contribution in [0.2, 0.25) is 5.02 Å². The maximum Gasteiger partial charge on any atom is 0.410 e. The first-order valence-electron chi connectivity index (χ1n) is 14.5. The first-order chi connectivity index (χ1) is 20.4. The fourth-order valence-corrected chi connectivity index (χ4v) is 5.68. The third-order valence-electron chi connectivity index (χ3n) is 7.52. The SMILES string of the molecule is CC(O)(NNc1ncc(C(=O)NC2CCN(C(=O)OC(C)(C)C)C2)cc1Cl)NC1c2ccccc2CCc2ccccc21. The number of ether oxygens (including phenoxy) is 1. The zero-order valence-corrected chi connectivity index (χ0v) is 25.7. The summed E-state index contributed by atoms with van der Waals surface area (Å²) in [5.41, 5.74) is 10.1. The molecule has 1 aromatic heterocycles. The van der Waals surface area contributed by atoms with Crippen molar-refractivity contribution in [2.24, 2.45) is 0 Å². The number of aryl methyl sites for hydroxylation is 2. The summed E-state index contributed by atoms with van der Waals surface area (Å²) in [4.78, 5) is 31.1. The summed E-state index contributed by atoms with van der Waals surface area (Å²) in [7, 11) is 0. The fourth-order valence-electron chi connectivity index (χ4n) is 5.47. The third-order valence-corrected chi connectivity index (χ3v) is 7.81. The van der Waals surface area contributed by atoms with Crippen molar-refractivity contribution in [1.82, 2.24) is 25.9 Å². The number of halogens is 1. The van der Waals surface area contributed by atoms with Crippen LogP contribution >= 0.6 is 11.6 Å². The lowest BCUT2D eigenvalue weighted by atomic mass is 9.94. The van der Waals surface area contributed by atoms with E-state index in [4.69, 9.17) is 16.3 Å². The summed E-state index contributed by atoms with van der Waals surface area (Å²) in [6, 6.07) is 17.6. The van der Waals surface area contributed by atoms with Gasteiger partial charge in [0.05, 0.1) is 16.6 Å². The number of aromatic nitrogens is 1. The van der Waals surface area contributed by atoms with Crippen molar-refractivity contribution in [3.8, 4) is 0 Å². The largest absolute Gasteiger partial charge is 0.444 e. The first-order valence-corrected chi connectivity index (χ1v) is 14.9. The monoisotopic (exact) mass is 606 g/mol. The number of aliphatic hydroxyl groups is 1. The van der Waals surface area contributed by atoms with Crippen LogP contribution in [0.15, 0.2) is 60.8 Å². The second-order valence-electron chi connectivity index (χ2n) is 12.2. The van der Waals surface area contributed by atoms with Gasteiger partial charge in [-0.1, -0.05) is 60.1 Å². The third kappa shape index (κ3) is 7.64. The molecule has 43 heavy (non-hydrogen) atoms. The minimum atomic E-state index is -1.57. The van der Waals surface area contributed by atoms with Gasteiger partial charge in [-0.2, -0.15) is 5.43 Å². The van der Waals surface area contributed by atoms with Crippen molar-refractivity contribution in [2.45, 2.75) is 70.5 Å². The van der Waals surface area contributed by atoms with Gasteiger partial charge in [-0.25, -0.2) is 9.78 Å². The van der Waals surface area contributed by atoms with Crippen LogP contribution in [0.5, 0.6) is 0 Å². The number of hydrazine groups is 1. The molecule has 1 aliphatic heterocycles. The number of rotatable bonds is 7. The Kier molecular flexibility index (Phi) is 8.94. The van der Waals surface area contributed by atoms with Gasteiger partial charge >= 0.3 is 6.09 Å². The predicted octanol–water partition coefficient (Wildman–Crippen LogP) is 4.53. The lowest BCUT2D eigenvalue weighted by molar-refractivity contribution is -0.0104. The Morgan fingerprint density at radius 3 is 2.26 bits per heavy atom. The molecule has 2 unspecified atom stereocenters. The second kappa shape index (κ2) is 12.5. The molecule has 1 saturated heterocycles. The molecule has 0 radical (unpaired) electrons. The summed E-state index contributed by atoms with van der Waals surface area (Å²) in [5, 5.41) is 17.8. The molecular weight excluding hydrogens is 568 g/mol. The highest BCUT2D eigenvalue weighted by molar-refractivity contribution is 6.33. The number of benzene rings is 2. The molecule has 2 atom stereocenters. The smallest absolute Gasteiger partial charge is 0.410 e. The molecule has 11 heteroatoms. The normalized spacial score (nSPS) is 18.2. The molecule has 0 spiro atoms. The minimum Gasteiger partial charge on any atom is -0.444 e. The lowest BCUT2D eigenvalue weighted by Crippen LogP contribution is -2.58. The molecular formula is C32H39ClN6O4. The van der Waals surface area contributed by atoms with Gasteiger partial charge in [0.2, 0.25) is 0 Å². The second-order valence-corrected chi connectivity index (χ2v) is 12.6. The van der Waals surface area contributed by atoms with Crippen LogP contribution in [-0.2, 0) is 17.6 Å². The maximum atomic E-state index is 12.9. The maximum absolute atomic E-state index is 12.9. The molecule has 228 valence electrons. The molecule has 0 saturated carbocycles. The van der Waals surface area contributed by atoms with Crippen molar-refractivity contribution in [1.29, 1.82) is 0 Å². The molecule has 2 amide bonds. The standard InChI is InChI=1S/C32H39ClN6O4/c1-31(2,3)43-30(41)39-16-15-23(19-39)35-29(40)22-17-26(33)28(34-18-22)37-38-32(4,42)36-27-24-11-7-5-9-20(24)13-14-21-10-6-8-12-25(21)27/h5-12,17-18,23,27,36,38,42H,13-16,19H2,1-4H3,(H,34,37)(H,35,40). The number of carbonyl (C=O) groups excluding carboxylic acids is 2. The van der Waals surface area contributed by atoms with Crippen LogP contribution in [0.3, 0.4) is 0 Å². The Hall–Kier alpha value is -3.70. The molecule has 2 heterocycles. The molecule has 1 fully saturated rings. The Balaban J connectivity index is 1.20. The number of nitrogens with one attached hydrogen (secondary N) is 4. The van der Waals surface area contributed by atoms with Gasteiger partial charge in [0, 0.05) is 25.3 Å². The zero-order chi connectivity index (χ0) is 30.8. The number of anilines is 1. The molecule has 3 aromatic rings. The van der Waals surface area contributed by atoms with E-state index in [-0.39, 0.29) is 34.4 Å². The van der Waals surface area contributed by atoms with E-state index in [1.54, 1.807) is 11.8 Å². The molecule has 2 aliphatic rings. The van der Waals surface area contributed by atoms with Gasteiger partial charge in [0.1, 0.15) is 5.60 Å².